The van der Waals surface area contributed by atoms with E-state index in [1.54, 1.807) is 0 Å². The minimum Gasteiger partial charge on any atom is -0.493 e. The minimum atomic E-state index is -4.45. The van der Waals surface area contributed by atoms with Crippen molar-refractivity contribution in [3.8, 4) is 11.5 Å². The van der Waals surface area contributed by atoms with Crippen molar-refractivity contribution >= 4 is 17.8 Å². The molecule has 0 atom stereocenters. The predicted molar refractivity (Wildman–Crippen MR) is 78.5 cm³/mol. The number of esters is 1. The standard InChI is InChI=1S/C15H13F3N2O5/c1-8(21)24-13-10(4-3-5-11(13)23-2)14(22)19-12-6-9(20-25-12)7-15(16,17)18/h3-6H,7H2,1-2H3,(H,19,22). The second kappa shape index (κ2) is 7.24. The molecule has 0 unspecified atom stereocenters. The summed E-state index contributed by atoms with van der Waals surface area (Å²) in [5, 5.41) is 5.48. The molecule has 0 aliphatic carbocycles. The molecule has 0 radical (unpaired) electrons. The molecule has 0 bridgehead atoms. The number of alkyl halides is 3. The third-order valence-corrected chi connectivity index (χ3v) is 2.87. The van der Waals surface area contributed by atoms with Gasteiger partial charge in [-0.05, 0) is 12.1 Å². The molecule has 10 heteroatoms. The first kappa shape index (κ1) is 18.3. The lowest BCUT2D eigenvalue weighted by Gasteiger charge is -2.12. The van der Waals surface area contributed by atoms with Crippen LogP contribution in [0.25, 0.3) is 0 Å². The van der Waals surface area contributed by atoms with Crippen LogP contribution in [0.4, 0.5) is 19.1 Å². The number of halogens is 3. The van der Waals surface area contributed by atoms with E-state index in [2.05, 4.69) is 15.0 Å². The molecule has 0 saturated heterocycles. The highest BCUT2D eigenvalue weighted by Gasteiger charge is 2.30. The van der Waals surface area contributed by atoms with E-state index in [1.165, 1.54) is 25.3 Å². The van der Waals surface area contributed by atoms with Gasteiger partial charge in [0.2, 0.25) is 5.88 Å². The smallest absolute Gasteiger partial charge is 0.394 e. The first-order chi connectivity index (χ1) is 11.7. The van der Waals surface area contributed by atoms with Gasteiger partial charge in [0, 0.05) is 13.0 Å². The number of anilines is 1. The number of carbonyl (C=O) groups excluding carboxylic acids is 2. The maximum atomic E-state index is 12.3. The number of rotatable bonds is 5. The van der Waals surface area contributed by atoms with E-state index in [0.29, 0.717) is 0 Å². The summed E-state index contributed by atoms with van der Waals surface area (Å²) in [6.45, 7) is 1.15. The average molecular weight is 358 g/mol. The molecule has 0 fully saturated rings. The lowest BCUT2D eigenvalue weighted by molar-refractivity contribution is -0.132. The highest BCUT2D eigenvalue weighted by molar-refractivity contribution is 6.06. The van der Waals surface area contributed by atoms with Crippen LogP contribution in [0.3, 0.4) is 0 Å². The fourth-order valence-corrected chi connectivity index (χ4v) is 1.94. The van der Waals surface area contributed by atoms with E-state index in [4.69, 9.17) is 9.47 Å². The van der Waals surface area contributed by atoms with Crippen molar-refractivity contribution in [3.63, 3.8) is 0 Å². The van der Waals surface area contributed by atoms with Crippen molar-refractivity contribution in [2.45, 2.75) is 19.5 Å². The van der Waals surface area contributed by atoms with E-state index in [9.17, 15) is 22.8 Å². The summed E-state index contributed by atoms with van der Waals surface area (Å²) >= 11 is 0. The van der Waals surface area contributed by atoms with Crippen molar-refractivity contribution in [2.75, 3.05) is 12.4 Å². The summed E-state index contributed by atoms with van der Waals surface area (Å²) in [4.78, 5) is 23.5. The lowest BCUT2D eigenvalue weighted by Crippen LogP contribution is -2.15. The molecule has 0 aliphatic heterocycles. The Morgan fingerprint density at radius 3 is 2.64 bits per heavy atom. The van der Waals surface area contributed by atoms with Gasteiger partial charge >= 0.3 is 12.1 Å². The van der Waals surface area contributed by atoms with Gasteiger partial charge in [-0.15, -0.1) is 0 Å². The molecule has 1 aromatic heterocycles. The molecule has 1 heterocycles. The molecule has 7 nitrogen and oxygen atoms in total. The molecule has 2 rings (SSSR count). The Morgan fingerprint density at radius 1 is 1.32 bits per heavy atom. The van der Waals surface area contributed by atoms with Crippen molar-refractivity contribution in [1.29, 1.82) is 0 Å². The second-order valence-electron chi connectivity index (χ2n) is 4.86. The zero-order valence-corrected chi connectivity index (χ0v) is 13.1. The summed E-state index contributed by atoms with van der Waals surface area (Å²) in [7, 11) is 1.32. The summed E-state index contributed by atoms with van der Waals surface area (Å²) in [5.74, 6) is -1.71. The van der Waals surface area contributed by atoms with E-state index < -0.39 is 24.5 Å². The van der Waals surface area contributed by atoms with Gasteiger partial charge < -0.3 is 14.0 Å². The number of hydrogen-bond donors (Lipinski definition) is 1. The fourth-order valence-electron chi connectivity index (χ4n) is 1.94. The maximum Gasteiger partial charge on any atom is 0.394 e. The Labute approximate surface area is 139 Å². The number of nitrogens with one attached hydrogen (secondary N) is 1. The zero-order valence-electron chi connectivity index (χ0n) is 13.1. The first-order valence-corrected chi connectivity index (χ1v) is 6.88. The van der Waals surface area contributed by atoms with Gasteiger partial charge in [0.15, 0.2) is 11.5 Å². The molecule has 25 heavy (non-hydrogen) atoms. The van der Waals surface area contributed by atoms with Gasteiger partial charge in [-0.3, -0.25) is 14.9 Å². The topological polar surface area (TPSA) is 90.7 Å². The number of methoxy groups -OCH3 is 1. The Bertz CT molecular complexity index is 786. The summed E-state index contributed by atoms with van der Waals surface area (Å²) in [6, 6.07) is 5.27. The molecule has 2 aromatic rings. The van der Waals surface area contributed by atoms with Crippen molar-refractivity contribution in [2.24, 2.45) is 0 Å². The van der Waals surface area contributed by atoms with Crippen LogP contribution in [0.1, 0.15) is 23.0 Å². The number of amides is 1. The van der Waals surface area contributed by atoms with Crippen LogP contribution in [0.2, 0.25) is 0 Å². The summed E-state index contributed by atoms with van der Waals surface area (Å²) in [6.07, 6.45) is -5.74. The largest absolute Gasteiger partial charge is 0.493 e. The van der Waals surface area contributed by atoms with E-state index in [1.807, 2.05) is 0 Å². The number of aromatic nitrogens is 1. The average Bonchev–Trinajstić information content (AvgIpc) is 2.91. The van der Waals surface area contributed by atoms with Gasteiger partial charge in [0.25, 0.3) is 5.91 Å². The van der Waals surface area contributed by atoms with Crippen LogP contribution in [0.15, 0.2) is 28.8 Å². The molecule has 0 aliphatic rings. The molecule has 1 amide bonds. The number of ether oxygens (including phenoxy) is 2. The van der Waals surface area contributed by atoms with E-state index in [-0.39, 0.29) is 28.6 Å². The third-order valence-electron chi connectivity index (χ3n) is 2.87. The molecular formula is C15H13F3N2O5. The third kappa shape index (κ3) is 4.96. The highest BCUT2D eigenvalue weighted by atomic mass is 19.4. The highest BCUT2D eigenvalue weighted by Crippen LogP contribution is 2.32. The fraction of sp³-hybridized carbons (Fsp3) is 0.267. The predicted octanol–water partition coefficient (Wildman–Crippen LogP) is 2.97. The number of carbonyl (C=O) groups is 2. The van der Waals surface area contributed by atoms with Crippen LogP contribution in [0, 0.1) is 0 Å². The molecular weight excluding hydrogens is 345 g/mol. The molecule has 1 N–H and O–H groups in total. The Hall–Kier alpha value is -3.04. The van der Waals surface area contributed by atoms with E-state index in [0.717, 1.165) is 13.0 Å². The number of hydrogen-bond acceptors (Lipinski definition) is 6. The quantitative estimate of drug-likeness (QED) is 0.653. The monoisotopic (exact) mass is 358 g/mol. The van der Waals surface area contributed by atoms with Crippen LogP contribution < -0.4 is 14.8 Å². The van der Waals surface area contributed by atoms with Gasteiger partial charge in [-0.2, -0.15) is 13.2 Å². The number of nitrogens with zero attached hydrogens (tertiary/aromatic N) is 1. The molecule has 134 valence electrons. The van der Waals surface area contributed by atoms with E-state index >= 15 is 0 Å². The zero-order chi connectivity index (χ0) is 18.6. The lowest BCUT2D eigenvalue weighted by atomic mass is 10.1. The van der Waals surface area contributed by atoms with Crippen LogP contribution in [0.5, 0.6) is 11.5 Å². The van der Waals surface area contributed by atoms with Crippen molar-refractivity contribution in [3.05, 3.63) is 35.5 Å². The minimum absolute atomic E-state index is 0.0664. The Morgan fingerprint density at radius 2 is 2.04 bits per heavy atom. The second-order valence-corrected chi connectivity index (χ2v) is 4.86. The van der Waals surface area contributed by atoms with Crippen LogP contribution in [-0.2, 0) is 11.2 Å². The Kier molecular flexibility index (Phi) is 5.30. The van der Waals surface area contributed by atoms with Crippen molar-refractivity contribution in [1.82, 2.24) is 5.16 Å². The maximum absolute atomic E-state index is 12.3. The summed E-state index contributed by atoms with van der Waals surface area (Å²) in [5.41, 5.74) is -0.447. The first-order valence-electron chi connectivity index (χ1n) is 6.88. The van der Waals surface area contributed by atoms with Crippen molar-refractivity contribution < 1.29 is 36.8 Å². The SMILES string of the molecule is COc1cccc(C(=O)Nc2cc(CC(F)(F)F)no2)c1OC(C)=O. The van der Waals surface area contributed by atoms with Gasteiger partial charge in [-0.1, -0.05) is 11.2 Å². The molecule has 0 saturated carbocycles. The van der Waals surface area contributed by atoms with Gasteiger partial charge in [0.05, 0.1) is 24.8 Å². The number of benzene rings is 1. The van der Waals surface area contributed by atoms with Gasteiger partial charge in [-0.25, -0.2) is 0 Å². The van der Waals surface area contributed by atoms with Gasteiger partial charge in [0.1, 0.15) is 0 Å². The normalized spacial score (nSPS) is 11.1. The number of para-hydroxylation sites is 1. The molecule has 1 aromatic carbocycles. The Balaban J connectivity index is 2.22. The molecule has 0 spiro atoms. The van der Waals surface area contributed by atoms with Crippen LogP contribution >= 0.6 is 0 Å². The van der Waals surface area contributed by atoms with Crippen LogP contribution in [-0.4, -0.2) is 30.3 Å². The summed E-state index contributed by atoms with van der Waals surface area (Å²) < 4.78 is 51.6.